The molecule has 0 spiro atoms. The molecule has 2 heterocycles. The van der Waals surface area contributed by atoms with Gasteiger partial charge >= 0.3 is 0 Å². The Morgan fingerprint density at radius 2 is 2.06 bits per heavy atom. The summed E-state index contributed by atoms with van der Waals surface area (Å²) in [5, 5.41) is 3.42. The van der Waals surface area contributed by atoms with Crippen LogP contribution in [-0.2, 0) is 4.79 Å². The average molecular weight is 490 g/mol. The number of aromatic nitrogens is 1. The van der Waals surface area contributed by atoms with Crippen LogP contribution >= 0.6 is 11.6 Å². The molecule has 2 rings (SSSR count). The van der Waals surface area contributed by atoms with Gasteiger partial charge in [-0.25, -0.2) is 9.37 Å². The van der Waals surface area contributed by atoms with E-state index in [2.05, 4.69) is 70.6 Å². The monoisotopic (exact) mass is 489 g/mol. The largest absolute Gasteiger partial charge is 0.343 e. The normalized spacial score (nSPS) is 19.2. The maximum absolute atomic E-state index is 13.4. The summed E-state index contributed by atoms with van der Waals surface area (Å²) < 4.78 is 13.4. The summed E-state index contributed by atoms with van der Waals surface area (Å²) >= 11 is 6.39. The highest BCUT2D eigenvalue weighted by molar-refractivity contribution is 6.33. The van der Waals surface area contributed by atoms with Gasteiger partial charge < -0.3 is 10.2 Å². The molecular weight excluding hydrogens is 449 g/mol. The Labute approximate surface area is 210 Å². The maximum Gasteiger partial charge on any atom is 0.246 e. The Hall–Kier alpha value is -2.14. The van der Waals surface area contributed by atoms with Crippen LogP contribution in [0.15, 0.2) is 42.3 Å². The summed E-state index contributed by atoms with van der Waals surface area (Å²) in [7, 11) is 0. The fraction of sp³-hybridized carbons (Fsp3) is 0.571. The number of carbonyl (C=O) groups excluding carboxylic acids is 1. The standard InChI is InChI=1S/C28H41ClFN3O/c1-9-18(3)21(10-2)15-23(28(6,7)8)14-19(4)32-27(34)25-12-11-13-33(25)26-24(29)16-22(17-31-26)20(5)30/h14-18,21,25H,5,9-13H2,1-4,6-8H3,(H,32,34). The van der Waals surface area contributed by atoms with E-state index in [0.29, 0.717) is 35.6 Å². The summed E-state index contributed by atoms with van der Waals surface area (Å²) in [4.78, 5) is 19.5. The highest BCUT2D eigenvalue weighted by atomic mass is 35.5. The first-order valence-corrected chi connectivity index (χ1v) is 12.7. The van der Waals surface area contributed by atoms with Gasteiger partial charge in [0.1, 0.15) is 17.7 Å². The molecule has 0 saturated carbocycles. The van der Waals surface area contributed by atoms with Crippen LogP contribution in [0.1, 0.15) is 79.7 Å². The molecular formula is C28H41ClFN3O. The van der Waals surface area contributed by atoms with E-state index >= 15 is 0 Å². The predicted octanol–water partition coefficient (Wildman–Crippen LogP) is 7.71. The lowest BCUT2D eigenvalue weighted by atomic mass is 9.80. The van der Waals surface area contributed by atoms with Gasteiger partial charge in [-0.2, -0.15) is 0 Å². The molecule has 4 nitrogen and oxygen atoms in total. The smallest absolute Gasteiger partial charge is 0.246 e. The van der Waals surface area contributed by atoms with E-state index < -0.39 is 5.83 Å². The lowest BCUT2D eigenvalue weighted by Crippen LogP contribution is -2.43. The van der Waals surface area contributed by atoms with Crippen LogP contribution in [-0.4, -0.2) is 23.5 Å². The first-order chi connectivity index (χ1) is 15.9. The van der Waals surface area contributed by atoms with E-state index in [4.69, 9.17) is 11.6 Å². The second-order valence-corrected chi connectivity index (χ2v) is 10.8. The van der Waals surface area contributed by atoms with Gasteiger partial charge in [0, 0.05) is 24.0 Å². The summed E-state index contributed by atoms with van der Waals surface area (Å²) in [6.45, 7) is 19.3. The van der Waals surface area contributed by atoms with E-state index in [9.17, 15) is 9.18 Å². The van der Waals surface area contributed by atoms with Crippen molar-refractivity contribution in [3.63, 3.8) is 0 Å². The minimum Gasteiger partial charge on any atom is -0.343 e. The molecule has 1 N–H and O–H groups in total. The minimum atomic E-state index is -0.584. The third-order valence-corrected chi connectivity index (χ3v) is 7.04. The molecule has 0 aliphatic carbocycles. The molecule has 1 aliphatic rings. The van der Waals surface area contributed by atoms with Crippen molar-refractivity contribution in [3.8, 4) is 0 Å². The van der Waals surface area contributed by atoms with Gasteiger partial charge in [-0.05, 0) is 61.2 Å². The Balaban J connectivity index is 2.24. The Kier molecular flexibility index (Phi) is 9.93. The van der Waals surface area contributed by atoms with Crippen molar-refractivity contribution in [2.45, 2.75) is 80.2 Å². The lowest BCUT2D eigenvalue weighted by Gasteiger charge is -2.27. The van der Waals surface area contributed by atoms with Gasteiger partial charge in [0.15, 0.2) is 0 Å². The quantitative estimate of drug-likeness (QED) is 0.361. The first kappa shape index (κ1) is 28.1. The zero-order valence-electron chi connectivity index (χ0n) is 21.8. The van der Waals surface area contributed by atoms with Crippen molar-refractivity contribution in [2.24, 2.45) is 17.3 Å². The number of carbonyl (C=O) groups is 1. The number of allylic oxidation sites excluding steroid dienone is 4. The SMILES string of the molecule is C=C(F)c1cnc(N2CCCC2C(=O)NC(C)=CC(=CC(CC)C(C)CC)C(C)(C)C)c(Cl)c1. The number of hydrogen-bond acceptors (Lipinski definition) is 3. The molecule has 0 bridgehead atoms. The third-order valence-electron chi connectivity index (χ3n) is 6.76. The average Bonchev–Trinajstić information content (AvgIpc) is 3.24. The van der Waals surface area contributed by atoms with E-state index in [-0.39, 0.29) is 22.9 Å². The molecule has 6 heteroatoms. The lowest BCUT2D eigenvalue weighted by molar-refractivity contribution is -0.121. The number of nitrogens with zero attached hydrogens (tertiary/aromatic N) is 2. The number of rotatable bonds is 9. The second-order valence-electron chi connectivity index (χ2n) is 10.4. The molecule has 188 valence electrons. The number of nitrogens with one attached hydrogen (secondary N) is 1. The molecule has 1 aliphatic heterocycles. The number of anilines is 1. The molecule has 0 radical (unpaired) electrons. The summed E-state index contributed by atoms with van der Waals surface area (Å²) in [5.74, 6) is 0.946. The Bertz CT molecular complexity index is 947. The molecule has 3 atom stereocenters. The topological polar surface area (TPSA) is 45.2 Å². The Morgan fingerprint density at radius 1 is 1.38 bits per heavy atom. The molecule has 1 aromatic heterocycles. The zero-order valence-corrected chi connectivity index (χ0v) is 22.6. The van der Waals surface area contributed by atoms with Crippen LogP contribution in [0.5, 0.6) is 0 Å². The van der Waals surface area contributed by atoms with Crippen molar-refractivity contribution in [1.82, 2.24) is 10.3 Å². The Morgan fingerprint density at radius 3 is 2.59 bits per heavy atom. The molecule has 0 aromatic carbocycles. The van der Waals surface area contributed by atoms with E-state index in [1.54, 1.807) is 0 Å². The maximum atomic E-state index is 13.4. The highest BCUT2D eigenvalue weighted by Crippen LogP contribution is 2.33. The van der Waals surface area contributed by atoms with Gasteiger partial charge in [0.05, 0.1) is 5.02 Å². The number of pyridine rings is 1. The van der Waals surface area contributed by atoms with Crippen molar-refractivity contribution in [1.29, 1.82) is 0 Å². The van der Waals surface area contributed by atoms with E-state index in [1.165, 1.54) is 17.8 Å². The van der Waals surface area contributed by atoms with Gasteiger partial charge in [-0.15, -0.1) is 0 Å². The van der Waals surface area contributed by atoms with Gasteiger partial charge in [-0.1, -0.05) is 72.2 Å². The molecule has 1 saturated heterocycles. The zero-order chi connectivity index (χ0) is 25.6. The molecule has 1 fully saturated rings. The minimum absolute atomic E-state index is 0.0358. The third kappa shape index (κ3) is 7.18. The number of halogens is 2. The van der Waals surface area contributed by atoms with Gasteiger partial charge in [-0.3, -0.25) is 4.79 Å². The summed E-state index contributed by atoms with van der Waals surface area (Å²) in [6.07, 6.45) is 9.70. The molecule has 3 unspecified atom stereocenters. The number of amides is 1. The molecule has 1 amide bonds. The van der Waals surface area contributed by atoms with Crippen LogP contribution in [0.4, 0.5) is 10.2 Å². The van der Waals surface area contributed by atoms with Crippen molar-refractivity contribution < 1.29 is 9.18 Å². The summed E-state index contributed by atoms with van der Waals surface area (Å²) in [6, 6.07) is 1.13. The van der Waals surface area contributed by atoms with Crippen LogP contribution in [0, 0.1) is 17.3 Å². The first-order valence-electron chi connectivity index (χ1n) is 12.4. The predicted molar refractivity (Wildman–Crippen MR) is 142 cm³/mol. The van der Waals surface area contributed by atoms with Crippen molar-refractivity contribution in [3.05, 3.63) is 52.9 Å². The van der Waals surface area contributed by atoms with Crippen LogP contribution in [0.3, 0.4) is 0 Å². The fourth-order valence-electron chi connectivity index (χ4n) is 4.36. The van der Waals surface area contributed by atoms with Crippen molar-refractivity contribution in [2.75, 3.05) is 11.4 Å². The van der Waals surface area contributed by atoms with Gasteiger partial charge in [0.25, 0.3) is 0 Å². The van der Waals surface area contributed by atoms with Gasteiger partial charge in [0.2, 0.25) is 5.91 Å². The van der Waals surface area contributed by atoms with E-state index in [0.717, 1.165) is 25.0 Å². The fourth-order valence-corrected chi connectivity index (χ4v) is 4.64. The highest BCUT2D eigenvalue weighted by Gasteiger charge is 2.33. The molecule has 1 aromatic rings. The van der Waals surface area contributed by atoms with Crippen LogP contribution < -0.4 is 10.2 Å². The number of hydrogen-bond donors (Lipinski definition) is 1. The van der Waals surface area contributed by atoms with Crippen LogP contribution in [0.2, 0.25) is 5.02 Å². The molecule has 34 heavy (non-hydrogen) atoms. The van der Waals surface area contributed by atoms with Crippen molar-refractivity contribution >= 4 is 29.2 Å². The van der Waals surface area contributed by atoms with Crippen LogP contribution in [0.25, 0.3) is 5.83 Å². The second kappa shape index (κ2) is 12.0. The summed E-state index contributed by atoms with van der Waals surface area (Å²) in [5.41, 5.74) is 2.26. The van der Waals surface area contributed by atoms with E-state index in [1.807, 2.05) is 11.8 Å².